The van der Waals surface area contributed by atoms with E-state index in [1.54, 1.807) is 25.7 Å². The second-order valence-electron chi connectivity index (χ2n) is 6.60. The molecule has 158 valence electrons. The molecule has 0 radical (unpaired) electrons. The van der Waals surface area contributed by atoms with E-state index in [1.165, 1.54) is 11.3 Å². The Bertz CT molecular complexity index is 1150. The number of benzene rings is 2. The van der Waals surface area contributed by atoms with E-state index >= 15 is 0 Å². The molecule has 0 N–H and O–H groups in total. The second-order valence-corrected chi connectivity index (χ2v) is 7.60. The highest BCUT2D eigenvalue weighted by Crippen LogP contribution is 2.23. The average Bonchev–Trinajstić information content (AvgIpc) is 3.04. The highest BCUT2D eigenvalue weighted by atomic mass is 32.1. The molecule has 0 spiro atoms. The summed E-state index contributed by atoms with van der Waals surface area (Å²) < 4.78 is 18.2. The van der Waals surface area contributed by atoms with Gasteiger partial charge in [-0.2, -0.15) is 4.99 Å². The molecule has 3 rings (SSSR count). The normalized spacial score (nSPS) is 11.5. The number of nitrogens with zero attached hydrogens (tertiary/aromatic N) is 2. The third-order valence-electron chi connectivity index (χ3n) is 4.52. The van der Waals surface area contributed by atoms with Gasteiger partial charge < -0.3 is 18.8 Å². The minimum Gasteiger partial charge on any atom is -0.497 e. The zero-order valence-corrected chi connectivity index (χ0v) is 18.2. The van der Waals surface area contributed by atoms with Crippen LogP contribution in [0.4, 0.5) is 0 Å². The number of methoxy groups -OCH3 is 2. The number of fused-ring (bicyclic) bond motifs is 1. The van der Waals surface area contributed by atoms with Gasteiger partial charge in [0, 0.05) is 0 Å². The van der Waals surface area contributed by atoms with Crippen molar-refractivity contribution < 1.29 is 23.8 Å². The number of esters is 1. The Morgan fingerprint density at radius 3 is 2.57 bits per heavy atom. The fourth-order valence-electron chi connectivity index (χ4n) is 3.13. The highest BCUT2D eigenvalue weighted by molar-refractivity contribution is 7.16. The number of carbonyl (C=O) groups is 2. The fraction of sp³-hybridized carbons (Fsp3) is 0.318. The SMILES string of the molecule is CCOC(=O)Cn1c(=NC(=O)Cc2ccc(OC)c(C)c2)sc2cc(OC)ccc21. The molecule has 0 saturated carbocycles. The number of carbonyl (C=O) groups excluding carboxylic acids is 2. The molecule has 1 heterocycles. The zero-order chi connectivity index (χ0) is 21.7. The highest BCUT2D eigenvalue weighted by Gasteiger charge is 2.13. The van der Waals surface area contributed by atoms with Crippen LogP contribution in [0.3, 0.4) is 0 Å². The number of hydrogen-bond donors (Lipinski definition) is 0. The Balaban J connectivity index is 1.97. The largest absolute Gasteiger partial charge is 0.497 e. The van der Waals surface area contributed by atoms with Crippen molar-refractivity contribution in [1.29, 1.82) is 0 Å². The van der Waals surface area contributed by atoms with Gasteiger partial charge in [-0.15, -0.1) is 0 Å². The van der Waals surface area contributed by atoms with E-state index in [9.17, 15) is 9.59 Å². The lowest BCUT2D eigenvalue weighted by molar-refractivity contribution is -0.143. The summed E-state index contributed by atoms with van der Waals surface area (Å²) in [4.78, 5) is 29.5. The van der Waals surface area contributed by atoms with E-state index in [4.69, 9.17) is 14.2 Å². The Morgan fingerprint density at radius 1 is 1.10 bits per heavy atom. The van der Waals surface area contributed by atoms with Gasteiger partial charge in [0.25, 0.3) is 5.91 Å². The van der Waals surface area contributed by atoms with Crippen LogP contribution in [0.1, 0.15) is 18.1 Å². The molecule has 2 aromatic carbocycles. The van der Waals surface area contributed by atoms with E-state index in [-0.39, 0.29) is 31.4 Å². The van der Waals surface area contributed by atoms with E-state index < -0.39 is 0 Å². The summed E-state index contributed by atoms with van der Waals surface area (Å²) in [6.45, 7) is 3.95. The van der Waals surface area contributed by atoms with Crippen LogP contribution in [0.5, 0.6) is 11.5 Å². The molecule has 0 saturated heterocycles. The molecule has 1 aromatic heterocycles. The number of amides is 1. The molecule has 30 heavy (non-hydrogen) atoms. The number of ether oxygens (including phenoxy) is 3. The van der Waals surface area contributed by atoms with Crippen molar-refractivity contribution >= 4 is 33.4 Å². The maximum Gasteiger partial charge on any atom is 0.326 e. The summed E-state index contributed by atoms with van der Waals surface area (Å²) in [5.74, 6) is 0.788. The van der Waals surface area contributed by atoms with Crippen LogP contribution >= 0.6 is 11.3 Å². The third kappa shape index (κ3) is 4.88. The molecule has 1 amide bonds. The molecular weight excluding hydrogens is 404 g/mol. The van der Waals surface area contributed by atoms with Gasteiger partial charge in [0.1, 0.15) is 18.0 Å². The zero-order valence-electron chi connectivity index (χ0n) is 17.4. The molecule has 0 aliphatic carbocycles. The van der Waals surface area contributed by atoms with Gasteiger partial charge in [-0.1, -0.05) is 23.5 Å². The van der Waals surface area contributed by atoms with Crippen molar-refractivity contribution in [3.05, 3.63) is 52.3 Å². The minimum absolute atomic E-state index is 0.0199. The Hall–Kier alpha value is -3.13. The Kier molecular flexibility index (Phi) is 6.89. The van der Waals surface area contributed by atoms with E-state index in [1.807, 2.05) is 43.3 Å². The number of thiazole rings is 1. The average molecular weight is 429 g/mol. The predicted octanol–water partition coefficient (Wildman–Crippen LogP) is 3.26. The molecule has 7 nitrogen and oxygen atoms in total. The summed E-state index contributed by atoms with van der Waals surface area (Å²) in [5.41, 5.74) is 2.59. The molecule has 0 unspecified atom stereocenters. The van der Waals surface area contributed by atoms with E-state index in [0.29, 0.717) is 10.6 Å². The fourth-order valence-corrected chi connectivity index (χ4v) is 4.20. The molecule has 3 aromatic rings. The maximum atomic E-state index is 12.7. The monoisotopic (exact) mass is 428 g/mol. The number of aromatic nitrogens is 1. The first-order valence-corrected chi connectivity index (χ1v) is 10.3. The third-order valence-corrected chi connectivity index (χ3v) is 5.56. The molecule has 8 heteroatoms. The van der Waals surface area contributed by atoms with Gasteiger partial charge >= 0.3 is 5.97 Å². The molecule has 0 aliphatic heterocycles. The summed E-state index contributed by atoms with van der Waals surface area (Å²) >= 11 is 1.33. The van der Waals surface area contributed by atoms with Crippen LogP contribution in [0.2, 0.25) is 0 Å². The first kappa shape index (κ1) is 21.6. The van der Waals surface area contributed by atoms with Crippen LogP contribution in [0.25, 0.3) is 10.2 Å². The van der Waals surface area contributed by atoms with Gasteiger partial charge in [0.15, 0.2) is 4.80 Å². The van der Waals surface area contributed by atoms with Crippen molar-refractivity contribution in [3.63, 3.8) is 0 Å². The number of rotatable bonds is 7. The van der Waals surface area contributed by atoms with Gasteiger partial charge in [-0.3, -0.25) is 9.59 Å². The van der Waals surface area contributed by atoms with Gasteiger partial charge in [-0.05, 0) is 49.2 Å². The number of aryl methyl sites for hydroxylation is 1. The van der Waals surface area contributed by atoms with Crippen LogP contribution in [0, 0.1) is 6.92 Å². The van der Waals surface area contributed by atoms with Gasteiger partial charge in [0.2, 0.25) is 0 Å². The smallest absolute Gasteiger partial charge is 0.326 e. The predicted molar refractivity (Wildman–Crippen MR) is 115 cm³/mol. The Labute approximate surface area is 178 Å². The standard InChI is InChI=1S/C22H24N2O5S/c1-5-29-21(26)13-24-17-8-7-16(27-3)12-19(17)30-22(24)23-20(25)11-15-6-9-18(28-4)14(2)10-15/h6-10,12H,5,11,13H2,1-4H3. The first-order chi connectivity index (χ1) is 14.4. The van der Waals surface area contributed by atoms with Crippen molar-refractivity contribution in [2.75, 3.05) is 20.8 Å². The lowest BCUT2D eigenvalue weighted by atomic mass is 10.1. The lowest BCUT2D eigenvalue weighted by Crippen LogP contribution is -2.23. The second kappa shape index (κ2) is 9.58. The van der Waals surface area contributed by atoms with E-state index in [2.05, 4.69) is 4.99 Å². The summed E-state index contributed by atoms with van der Waals surface area (Å²) in [6, 6.07) is 11.1. The quantitative estimate of drug-likeness (QED) is 0.540. The van der Waals surface area contributed by atoms with Crippen molar-refractivity contribution in [1.82, 2.24) is 4.57 Å². The first-order valence-electron chi connectivity index (χ1n) is 9.49. The van der Waals surface area contributed by atoms with Crippen LogP contribution < -0.4 is 14.3 Å². The lowest BCUT2D eigenvalue weighted by Gasteiger charge is -2.06. The van der Waals surface area contributed by atoms with Crippen LogP contribution in [-0.2, 0) is 27.3 Å². The van der Waals surface area contributed by atoms with Crippen molar-refractivity contribution in [3.8, 4) is 11.5 Å². The maximum absolute atomic E-state index is 12.7. The van der Waals surface area contributed by atoms with Crippen molar-refractivity contribution in [2.24, 2.45) is 4.99 Å². The molecule has 0 aliphatic rings. The number of hydrogen-bond acceptors (Lipinski definition) is 6. The summed E-state index contributed by atoms with van der Waals surface area (Å²) in [5, 5.41) is 0. The minimum atomic E-state index is -0.382. The van der Waals surface area contributed by atoms with Gasteiger partial charge in [0.05, 0.1) is 37.5 Å². The molecule has 0 atom stereocenters. The molecule has 0 fully saturated rings. The molecule has 0 bridgehead atoms. The topological polar surface area (TPSA) is 79.1 Å². The summed E-state index contributed by atoms with van der Waals surface area (Å²) in [7, 11) is 3.20. The van der Waals surface area contributed by atoms with Crippen molar-refractivity contribution in [2.45, 2.75) is 26.8 Å². The van der Waals surface area contributed by atoms with Crippen LogP contribution in [0.15, 0.2) is 41.4 Å². The summed E-state index contributed by atoms with van der Waals surface area (Å²) in [6.07, 6.45) is 0.155. The van der Waals surface area contributed by atoms with Gasteiger partial charge in [-0.25, -0.2) is 0 Å². The Morgan fingerprint density at radius 2 is 1.90 bits per heavy atom. The van der Waals surface area contributed by atoms with Crippen LogP contribution in [-0.4, -0.2) is 37.3 Å². The van der Waals surface area contributed by atoms with E-state index in [0.717, 1.165) is 27.1 Å². The molecular formula is C22H24N2O5S.